The van der Waals surface area contributed by atoms with Crippen LogP contribution in [0, 0.1) is 11.3 Å². The van der Waals surface area contributed by atoms with E-state index in [0.717, 1.165) is 6.42 Å². The number of nitriles is 1. The molecule has 0 aromatic heterocycles. The lowest BCUT2D eigenvalue weighted by molar-refractivity contribution is -0.124. The van der Waals surface area contributed by atoms with Crippen molar-refractivity contribution >= 4 is 29.1 Å². The molecule has 2 heterocycles. The van der Waals surface area contributed by atoms with Crippen LogP contribution in [0.3, 0.4) is 0 Å². The van der Waals surface area contributed by atoms with Gasteiger partial charge in [0.15, 0.2) is 0 Å². The number of hydrogen-bond acceptors (Lipinski definition) is 4. The summed E-state index contributed by atoms with van der Waals surface area (Å²) in [6.45, 7) is 0.363. The van der Waals surface area contributed by atoms with E-state index >= 15 is 0 Å². The Morgan fingerprint density at radius 1 is 1.14 bits per heavy atom. The summed E-state index contributed by atoms with van der Waals surface area (Å²) < 4.78 is 0. The van der Waals surface area contributed by atoms with Crippen molar-refractivity contribution in [2.24, 2.45) is 0 Å². The number of benzene rings is 2. The summed E-state index contributed by atoms with van der Waals surface area (Å²) in [4.78, 5) is 41.6. The fraction of sp³-hybridized carbons (Fsp3) is 0.238. The summed E-state index contributed by atoms with van der Waals surface area (Å²) >= 11 is 0. The van der Waals surface area contributed by atoms with Gasteiger partial charge in [-0.25, -0.2) is 0 Å². The molecule has 0 aliphatic carbocycles. The standard InChI is InChI=1S/C21H18N4O3/c22-12-14-7-9-15(10-8-14)23-19(26)13-25-17-5-2-1-4-16(17)20(27)24-11-3-6-18(24)21(25)28/h1-2,4-5,7-10,18H,3,6,11,13H2,(H,23,26)/t18-/m1/s1. The van der Waals surface area contributed by atoms with E-state index < -0.39 is 6.04 Å². The third kappa shape index (κ3) is 3.09. The highest BCUT2D eigenvalue weighted by molar-refractivity contribution is 6.13. The largest absolute Gasteiger partial charge is 0.327 e. The van der Waals surface area contributed by atoms with Crippen LogP contribution in [-0.2, 0) is 9.59 Å². The smallest absolute Gasteiger partial charge is 0.256 e. The molecule has 2 aliphatic heterocycles. The van der Waals surface area contributed by atoms with E-state index in [0.29, 0.717) is 35.5 Å². The molecule has 4 rings (SSSR count). The van der Waals surface area contributed by atoms with E-state index in [4.69, 9.17) is 5.26 Å². The van der Waals surface area contributed by atoms with Crippen molar-refractivity contribution in [2.75, 3.05) is 23.3 Å². The highest BCUT2D eigenvalue weighted by Gasteiger charge is 2.42. The summed E-state index contributed by atoms with van der Waals surface area (Å²) in [6.07, 6.45) is 1.38. The molecule has 7 heteroatoms. The first-order chi connectivity index (χ1) is 13.6. The van der Waals surface area contributed by atoms with Crippen LogP contribution in [0.5, 0.6) is 0 Å². The van der Waals surface area contributed by atoms with Crippen LogP contribution >= 0.6 is 0 Å². The molecule has 1 atom stereocenters. The number of rotatable bonds is 3. The molecule has 1 fully saturated rings. The first kappa shape index (κ1) is 17.7. The minimum atomic E-state index is -0.525. The number of nitrogens with one attached hydrogen (secondary N) is 1. The number of nitrogens with zero attached hydrogens (tertiary/aromatic N) is 3. The molecule has 1 saturated heterocycles. The van der Waals surface area contributed by atoms with Crippen molar-refractivity contribution in [3.63, 3.8) is 0 Å². The lowest BCUT2D eigenvalue weighted by Crippen LogP contribution is -2.47. The third-order valence-electron chi connectivity index (χ3n) is 5.09. The van der Waals surface area contributed by atoms with Gasteiger partial charge in [-0.2, -0.15) is 5.26 Å². The van der Waals surface area contributed by atoms with Crippen LogP contribution in [0.15, 0.2) is 48.5 Å². The lowest BCUT2D eigenvalue weighted by atomic mass is 10.1. The van der Waals surface area contributed by atoms with E-state index in [2.05, 4.69) is 5.32 Å². The van der Waals surface area contributed by atoms with Gasteiger partial charge in [0.2, 0.25) is 11.8 Å². The van der Waals surface area contributed by atoms with Gasteiger partial charge in [0.05, 0.1) is 22.9 Å². The average molecular weight is 374 g/mol. The molecule has 0 saturated carbocycles. The monoisotopic (exact) mass is 374 g/mol. The van der Waals surface area contributed by atoms with Crippen LogP contribution in [0.4, 0.5) is 11.4 Å². The number of hydrogen-bond donors (Lipinski definition) is 1. The summed E-state index contributed by atoms with van der Waals surface area (Å²) in [5, 5.41) is 11.6. The predicted molar refractivity (Wildman–Crippen MR) is 103 cm³/mol. The van der Waals surface area contributed by atoms with Gasteiger partial charge in [-0.1, -0.05) is 12.1 Å². The Morgan fingerprint density at radius 3 is 2.64 bits per heavy atom. The second-order valence-electron chi connectivity index (χ2n) is 6.84. The maximum atomic E-state index is 13.1. The Labute approximate surface area is 162 Å². The van der Waals surface area contributed by atoms with Gasteiger partial charge in [0.25, 0.3) is 5.91 Å². The van der Waals surface area contributed by atoms with Gasteiger partial charge in [-0.05, 0) is 49.2 Å². The Bertz CT molecular complexity index is 993. The van der Waals surface area contributed by atoms with Gasteiger partial charge >= 0.3 is 0 Å². The van der Waals surface area contributed by atoms with Gasteiger partial charge in [0.1, 0.15) is 12.6 Å². The summed E-state index contributed by atoms with van der Waals surface area (Å²) in [6, 6.07) is 14.9. The van der Waals surface area contributed by atoms with Gasteiger partial charge < -0.3 is 15.1 Å². The van der Waals surface area contributed by atoms with E-state index in [-0.39, 0.29) is 24.3 Å². The minimum Gasteiger partial charge on any atom is -0.327 e. The molecule has 7 nitrogen and oxygen atoms in total. The normalized spacial score (nSPS) is 18.2. The molecule has 1 N–H and O–H groups in total. The second kappa shape index (κ2) is 7.16. The Balaban J connectivity index is 1.60. The molecule has 28 heavy (non-hydrogen) atoms. The highest BCUT2D eigenvalue weighted by atomic mass is 16.2. The summed E-state index contributed by atoms with van der Waals surface area (Å²) in [5.41, 5.74) is 1.93. The van der Waals surface area contributed by atoms with E-state index in [9.17, 15) is 14.4 Å². The molecule has 2 aromatic rings. The Hall–Kier alpha value is -3.66. The highest BCUT2D eigenvalue weighted by Crippen LogP contribution is 2.32. The maximum absolute atomic E-state index is 13.1. The topological polar surface area (TPSA) is 93.5 Å². The second-order valence-corrected chi connectivity index (χ2v) is 6.84. The van der Waals surface area contributed by atoms with E-state index in [1.54, 1.807) is 53.4 Å². The van der Waals surface area contributed by atoms with E-state index in [1.807, 2.05) is 6.07 Å². The van der Waals surface area contributed by atoms with Crippen LogP contribution in [0.25, 0.3) is 0 Å². The zero-order chi connectivity index (χ0) is 19.7. The van der Waals surface area contributed by atoms with Crippen molar-refractivity contribution in [2.45, 2.75) is 18.9 Å². The predicted octanol–water partition coefficient (Wildman–Crippen LogP) is 2.15. The molecule has 2 aliphatic rings. The summed E-state index contributed by atoms with van der Waals surface area (Å²) in [5.74, 6) is -0.765. The number of amides is 3. The third-order valence-corrected chi connectivity index (χ3v) is 5.09. The maximum Gasteiger partial charge on any atom is 0.256 e. The molecule has 0 unspecified atom stereocenters. The van der Waals surface area contributed by atoms with Crippen molar-refractivity contribution < 1.29 is 14.4 Å². The van der Waals surface area contributed by atoms with Crippen molar-refractivity contribution in [3.8, 4) is 6.07 Å². The van der Waals surface area contributed by atoms with Crippen LogP contribution in [0.2, 0.25) is 0 Å². The molecular weight excluding hydrogens is 356 g/mol. The lowest BCUT2D eigenvalue weighted by Gasteiger charge is -2.25. The van der Waals surface area contributed by atoms with Gasteiger partial charge in [0, 0.05) is 12.2 Å². The molecule has 2 aromatic carbocycles. The molecule has 3 amide bonds. The van der Waals surface area contributed by atoms with Crippen LogP contribution < -0.4 is 10.2 Å². The number of carbonyl (C=O) groups excluding carboxylic acids is 3. The molecule has 0 spiro atoms. The molecular formula is C21H18N4O3. The minimum absolute atomic E-state index is 0.165. The quantitative estimate of drug-likeness (QED) is 0.891. The van der Waals surface area contributed by atoms with E-state index in [1.165, 1.54) is 4.90 Å². The average Bonchev–Trinajstić information content (AvgIpc) is 3.19. The molecule has 0 radical (unpaired) electrons. The van der Waals surface area contributed by atoms with Crippen molar-refractivity contribution in [1.82, 2.24) is 4.90 Å². The fourth-order valence-electron chi connectivity index (χ4n) is 3.75. The number of para-hydroxylation sites is 1. The molecule has 0 bridgehead atoms. The van der Waals surface area contributed by atoms with Crippen LogP contribution in [0.1, 0.15) is 28.8 Å². The Morgan fingerprint density at radius 2 is 1.89 bits per heavy atom. The molecule has 140 valence electrons. The fourth-order valence-corrected chi connectivity index (χ4v) is 3.75. The summed E-state index contributed by atoms with van der Waals surface area (Å²) in [7, 11) is 0. The number of carbonyl (C=O) groups is 3. The van der Waals surface area contributed by atoms with Crippen molar-refractivity contribution in [3.05, 3.63) is 59.7 Å². The SMILES string of the molecule is N#Cc1ccc(NC(=O)CN2C(=O)[C@H]3CCCN3C(=O)c3ccccc32)cc1. The number of fused-ring (bicyclic) bond motifs is 2. The number of anilines is 2. The first-order valence-corrected chi connectivity index (χ1v) is 9.10. The van der Waals surface area contributed by atoms with Crippen molar-refractivity contribution in [1.29, 1.82) is 5.26 Å². The van der Waals surface area contributed by atoms with Crippen LogP contribution in [-0.4, -0.2) is 41.8 Å². The van der Waals surface area contributed by atoms with Gasteiger partial charge in [-0.3, -0.25) is 14.4 Å². The van der Waals surface area contributed by atoms with Gasteiger partial charge in [-0.15, -0.1) is 0 Å². The zero-order valence-corrected chi connectivity index (χ0v) is 15.1. The Kier molecular flexibility index (Phi) is 4.53. The first-order valence-electron chi connectivity index (χ1n) is 9.10. The zero-order valence-electron chi connectivity index (χ0n) is 15.1.